The number of rotatable bonds is 4. The molecule has 0 unspecified atom stereocenters. The Morgan fingerprint density at radius 2 is 1.93 bits per heavy atom. The summed E-state index contributed by atoms with van der Waals surface area (Å²) in [4.78, 5) is 29.4. The largest absolute Gasteiger partial charge is 0.465 e. The Hall–Kier alpha value is -2.55. The first-order valence-electron chi connectivity index (χ1n) is 8.59. The van der Waals surface area contributed by atoms with E-state index in [0.717, 1.165) is 0 Å². The van der Waals surface area contributed by atoms with Crippen LogP contribution in [-0.2, 0) is 16.1 Å². The summed E-state index contributed by atoms with van der Waals surface area (Å²) < 4.78 is 17.8. The number of hydrogen-bond acceptors (Lipinski definition) is 6. The molecule has 0 bridgehead atoms. The second-order valence-electron chi connectivity index (χ2n) is 5.97. The number of ether oxygens (including phenoxy) is 3. The number of aromatic nitrogens is 1. The molecular formula is C19H14Cl2N2O5S. The van der Waals surface area contributed by atoms with E-state index < -0.39 is 11.9 Å². The van der Waals surface area contributed by atoms with Gasteiger partial charge in [0.2, 0.25) is 6.79 Å². The molecule has 0 atom stereocenters. The number of hydrogen-bond donors (Lipinski definition) is 0. The number of nitrogens with zero attached hydrogens (tertiary/aromatic N) is 2. The first kappa shape index (κ1) is 19.8. The monoisotopic (exact) mass is 452 g/mol. The summed E-state index contributed by atoms with van der Waals surface area (Å²) in [5.74, 6) is 0.0761. The van der Waals surface area contributed by atoms with Crippen molar-refractivity contribution >= 4 is 56.6 Å². The third-order valence-corrected chi connectivity index (χ3v) is 5.98. The minimum absolute atomic E-state index is 0.108. The molecule has 29 heavy (non-hydrogen) atoms. The normalized spacial score (nSPS) is 13.1. The highest BCUT2D eigenvalue weighted by Gasteiger charge is 2.19. The van der Waals surface area contributed by atoms with Crippen molar-refractivity contribution in [3.63, 3.8) is 0 Å². The molecular weight excluding hydrogens is 439 g/mol. The highest BCUT2D eigenvalue weighted by atomic mass is 35.5. The topological polar surface area (TPSA) is 79.1 Å². The quantitative estimate of drug-likeness (QED) is 0.558. The molecule has 0 spiro atoms. The van der Waals surface area contributed by atoms with Gasteiger partial charge in [0.25, 0.3) is 5.91 Å². The summed E-state index contributed by atoms with van der Waals surface area (Å²) in [6.07, 6.45) is 0. The zero-order valence-electron chi connectivity index (χ0n) is 15.1. The summed E-state index contributed by atoms with van der Waals surface area (Å²) in [5.41, 5.74) is 0.848. The highest BCUT2D eigenvalue weighted by Crippen LogP contribution is 2.33. The lowest BCUT2D eigenvalue weighted by atomic mass is 10.2. The maximum atomic E-state index is 12.8. The number of thiazole rings is 1. The Kier molecular flexibility index (Phi) is 5.49. The molecule has 3 aromatic rings. The van der Waals surface area contributed by atoms with Crippen LogP contribution in [0.25, 0.3) is 10.2 Å². The fourth-order valence-electron chi connectivity index (χ4n) is 2.86. The molecule has 7 nitrogen and oxygen atoms in total. The lowest BCUT2D eigenvalue weighted by Crippen LogP contribution is -2.23. The Labute approximate surface area is 179 Å². The maximum Gasteiger partial charge on any atom is 0.326 e. The number of esters is 1. The minimum Gasteiger partial charge on any atom is -0.465 e. The fraction of sp³-hybridized carbons (Fsp3) is 0.211. The van der Waals surface area contributed by atoms with Gasteiger partial charge in [-0.15, -0.1) is 0 Å². The van der Waals surface area contributed by atoms with E-state index in [0.29, 0.717) is 37.3 Å². The van der Waals surface area contributed by atoms with Gasteiger partial charge in [-0.3, -0.25) is 9.59 Å². The van der Waals surface area contributed by atoms with Crippen molar-refractivity contribution in [2.45, 2.75) is 13.5 Å². The van der Waals surface area contributed by atoms with Gasteiger partial charge >= 0.3 is 5.97 Å². The Morgan fingerprint density at radius 1 is 1.17 bits per heavy atom. The van der Waals surface area contributed by atoms with Crippen LogP contribution >= 0.6 is 34.5 Å². The molecule has 1 aliphatic heterocycles. The number of halogens is 2. The van der Waals surface area contributed by atoms with E-state index in [2.05, 4.69) is 4.99 Å². The molecule has 0 saturated heterocycles. The molecule has 10 heteroatoms. The van der Waals surface area contributed by atoms with E-state index in [1.165, 1.54) is 15.9 Å². The molecule has 4 rings (SSSR count). The second-order valence-corrected chi connectivity index (χ2v) is 7.76. The minimum atomic E-state index is -0.500. The van der Waals surface area contributed by atoms with Crippen LogP contribution in [0, 0.1) is 0 Å². The lowest BCUT2D eigenvalue weighted by molar-refractivity contribution is -0.143. The number of fused-ring (bicyclic) bond motifs is 2. The Morgan fingerprint density at radius 3 is 2.72 bits per heavy atom. The van der Waals surface area contributed by atoms with Crippen molar-refractivity contribution in [3.05, 3.63) is 50.7 Å². The molecule has 1 aromatic heterocycles. The van der Waals surface area contributed by atoms with Crippen LogP contribution in [0.2, 0.25) is 10.0 Å². The van der Waals surface area contributed by atoms with Gasteiger partial charge in [-0.1, -0.05) is 34.5 Å². The number of carbonyl (C=O) groups excluding carboxylic acids is 2. The number of carbonyl (C=O) groups is 2. The summed E-state index contributed by atoms with van der Waals surface area (Å²) in [6.45, 7) is 1.91. The van der Waals surface area contributed by atoms with Crippen LogP contribution in [0.3, 0.4) is 0 Å². The Balaban J connectivity index is 1.83. The average molecular weight is 453 g/mol. The molecule has 1 aliphatic rings. The van der Waals surface area contributed by atoms with E-state index in [1.54, 1.807) is 37.3 Å². The molecule has 0 radical (unpaired) electrons. The van der Waals surface area contributed by atoms with Crippen molar-refractivity contribution < 1.29 is 23.8 Å². The van der Waals surface area contributed by atoms with Crippen molar-refractivity contribution in [1.29, 1.82) is 0 Å². The third kappa shape index (κ3) is 3.83. The van der Waals surface area contributed by atoms with Crippen molar-refractivity contribution in [2.24, 2.45) is 4.99 Å². The SMILES string of the molecule is CCOC(=O)Cn1c(=NC(=O)c2ccc3c(c2)OCO3)sc2c(Cl)ccc(Cl)c21. The third-order valence-electron chi connectivity index (χ3n) is 4.14. The van der Waals surface area contributed by atoms with Crippen LogP contribution < -0.4 is 14.3 Å². The maximum absolute atomic E-state index is 12.8. The molecule has 2 aromatic carbocycles. The summed E-state index contributed by atoms with van der Waals surface area (Å²) in [6, 6.07) is 8.10. The average Bonchev–Trinajstić information content (AvgIpc) is 3.30. The smallest absolute Gasteiger partial charge is 0.326 e. The summed E-state index contributed by atoms with van der Waals surface area (Å²) >= 11 is 13.8. The number of benzene rings is 2. The zero-order chi connectivity index (χ0) is 20.5. The van der Waals surface area contributed by atoms with E-state index >= 15 is 0 Å². The lowest BCUT2D eigenvalue weighted by Gasteiger charge is -2.06. The van der Waals surface area contributed by atoms with Crippen LogP contribution in [0.1, 0.15) is 17.3 Å². The van der Waals surface area contributed by atoms with E-state index in [-0.39, 0.29) is 24.7 Å². The van der Waals surface area contributed by atoms with Gasteiger partial charge in [-0.05, 0) is 37.3 Å². The summed E-state index contributed by atoms with van der Waals surface area (Å²) in [5, 5.41) is 0.839. The van der Waals surface area contributed by atoms with Gasteiger partial charge in [-0.2, -0.15) is 4.99 Å². The second kappa shape index (κ2) is 8.06. The van der Waals surface area contributed by atoms with Crippen LogP contribution in [-0.4, -0.2) is 29.8 Å². The molecule has 150 valence electrons. The van der Waals surface area contributed by atoms with Gasteiger partial charge in [0.1, 0.15) is 6.54 Å². The van der Waals surface area contributed by atoms with Gasteiger partial charge in [-0.25, -0.2) is 0 Å². The van der Waals surface area contributed by atoms with Crippen LogP contribution in [0.15, 0.2) is 35.3 Å². The van der Waals surface area contributed by atoms with Gasteiger partial charge in [0.15, 0.2) is 16.3 Å². The van der Waals surface area contributed by atoms with Gasteiger partial charge < -0.3 is 18.8 Å². The van der Waals surface area contributed by atoms with E-state index in [1.807, 2.05) is 0 Å². The standard InChI is InChI=1S/C19H14Cl2N2O5S/c1-2-26-15(24)8-23-16-11(20)4-5-12(21)17(16)29-19(23)22-18(25)10-3-6-13-14(7-10)28-9-27-13/h3-7H,2,8-9H2,1H3. The molecule has 1 amide bonds. The zero-order valence-corrected chi connectivity index (χ0v) is 17.4. The predicted octanol–water partition coefficient (Wildman–Crippen LogP) is 4.04. The van der Waals surface area contributed by atoms with Crippen molar-refractivity contribution in [2.75, 3.05) is 13.4 Å². The first-order chi connectivity index (χ1) is 14.0. The van der Waals surface area contributed by atoms with Crippen molar-refractivity contribution in [1.82, 2.24) is 4.57 Å². The van der Waals surface area contributed by atoms with Gasteiger partial charge in [0, 0.05) is 5.56 Å². The molecule has 0 fully saturated rings. The number of amides is 1. The van der Waals surface area contributed by atoms with Crippen molar-refractivity contribution in [3.8, 4) is 11.5 Å². The summed E-state index contributed by atoms with van der Waals surface area (Å²) in [7, 11) is 0. The van der Waals surface area contributed by atoms with Crippen LogP contribution in [0.4, 0.5) is 0 Å². The molecule has 0 aliphatic carbocycles. The van der Waals surface area contributed by atoms with Crippen LogP contribution in [0.5, 0.6) is 11.5 Å². The molecule has 0 N–H and O–H groups in total. The van der Waals surface area contributed by atoms with E-state index in [9.17, 15) is 9.59 Å². The Bertz CT molecular complexity index is 1200. The molecule has 0 saturated carbocycles. The predicted molar refractivity (Wildman–Crippen MR) is 109 cm³/mol. The van der Waals surface area contributed by atoms with Gasteiger partial charge in [0.05, 0.1) is 26.9 Å². The molecule has 2 heterocycles. The fourth-order valence-corrected chi connectivity index (χ4v) is 4.50. The van der Waals surface area contributed by atoms with E-state index in [4.69, 9.17) is 37.4 Å². The first-order valence-corrected chi connectivity index (χ1v) is 10.2. The highest BCUT2D eigenvalue weighted by molar-refractivity contribution is 7.17.